The lowest BCUT2D eigenvalue weighted by Crippen LogP contribution is -2.14. The summed E-state index contributed by atoms with van der Waals surface area (Å²) in [6.45, 7) is 1.95. The molecule has 1 aromatic heterocycles. The molecular weight excluding hydrogens is 280 g/mol. The van der Waals surface area contributed by atoms with Gasteiger partial charge in [-0.2, -0.15) is 0 Å². The van der Waals surface area contributed by atoms with Crippen LogP contribution in [-0.2, 0) is 4.74 Å². The minimum absolute atomic E-state index is 0.129. The monoisotopic (exact) mass is 293 g/mol. The van der Waals surface area contributed by atoms with Crippen LogP contribution in [0.25, 0.3) is 0 Å². The molecule has 1 heterocycles. The van der Waals surface area contributed by atoms with Crippen LogP contribution in [0.2, 0.25) is 0 Å². The lowest BCUT2D eigenvalue weighted by atomic mass is 10.3. The molecule has 0 fully saturated rings. The maximum absolute atomic E-state index is 13.5. The first-order valence-corrected chi connectivity index (χ1v) is 6.20. The third kappa shape index (κ3) is 4.13. The van der Waals surface area contributed by atoms with Crippen LogP contribution in [0.4, 0.5) is 30.8 Å². The largest absolute Gasteiger partial charge is 0.450 e. The van der Waals surface area contributed by atoms with E-state index in [1.165, 1.54) is 18.3 Å². The summed E-state index contributed by atoms with van der Waals surface area (Å²) in [6.07, 6.45) is 0.806. The summed E-state index contributed by atoms with van der Waals surface area (Å²) in [5.74, 6) is -1.05. The normalized spacial score (nSPS) is 10.0. The Labute approximate surface area is 120 Å². The minimum atomic E-state index is -0.705. The summed E-state index contributed by atoms with van der Waals surface area (Å²) < 4.78 is 31.0. The number of amides is 1. The molecule has 0 unspecified atom stereocenters. The van der Waals surface area contributed by atoms with Crippen molar-refractivity contribution in [3.63, 3.8) is 0 Å². The summed E-state index contributed by atoms with van der Waals surface area (Å²) in [7, 11) is 0. The van der Waals surface area contributed by atoms with Crippen molar-refractivity contribution in [2.45, 2.75) is 6.92 Å². The second-order valence-corrected chi connectivity index (χ2v) is 4.03. The van der Waals surface area contributed by atoms with E-state index < -0.39 is 17.7 Å². The van der Waals surface area contributed by atoms with E-state index in [1.54, 1.807) is 13.0 Å². The lowest BCUT2D eigenvalue weighted by Gasteiger charge is -2.08. The Bertz CT molecular complexity index is 633. The highest BCUT2D eigenvalue weighted by atomic mass is 19.1. The van der Waals surface area contributed by atoms with E-state index in [0.717, 1.165) is 12.1 Å². The fourth-order valence-electron chi connectivity index (χ4n) is 1.56. The van der Waals surface area contributed by atoms with Crippen LogP contribution >= 0.6 is 0 Å². The first-order valence-electron chi connectivity index (χ1n) is 6.20. The first-order chi connectivity index (χ1) is 10.1. The third-order valence-electron chi connectivity index (χ3n) is 2.48. The number of hydrogen-bond acceptors (Lipinski definition) is 4. The first kappa shape index (κ1) is 14.7. The fourth-order valence-corrected chi connectivity index (χ4v) is 1.56. The van der Waals surface area contributed by atoms with Gasteiger partial charge < -0.3 is 10.1 Å². The Balaban J connectivity index is 2.03. The van der Waals surface area contributed by atoms with Gasteiger partial charge in [0.15, 0.2) is 0 Å². The van der Waals surface area contributed by atoms with Gasteiger partial charge in [-0.3, -0.25) is 5.32 Å². The summed E-state index contributed by atoms with van der Waals surface area (Å²) >= 11 is 0. The summed E-state index contributed by atoms with van der Waals surface area (Å²) in [5, 5.41) is 5.19. The molecule has 7 heteroatoms. The number of aromatic nitrogens is 1. The van der Waals surface area contributed by atoms with Gasteiger partial charge in [0.25, 0.3) is 0 Å². The van der Waals surface area contributed by atoms with Crippen LogP contribution in [0.15, 0.2) is 36.5 Å². The summed E-state index contributed by atoms with van der Waals surface area (Å²) in [6, 6.07) is 6.34. The Morgan fingerprint density at radius 2 is 2.10 bits per heavy atom. The van der Waals surface area contributed by atoms with Crippen molar-refractivity contribution in [1.82, 2.24) is 4.98 Å². The van der Waals surface area contributed by atoms with Crippen LogP contribution in [0.5, 0.6) is 0 Å². The number of nitrogens with zero attached hydrogens (tertiary/aromatic N) is 1. The fraction of sp³-hybridized carbons (Fsp3) is 0.143. The topological polar surface area (TPSA) is 63.2 Å². The molecule has 1 aromatic carbocycles. The number of nitrogens with one attached hydrogen (secondary N) is 2. The molecule has 0 aliphatic rings. The molecule has 5 nitrogen and oxygen atoms in total. The molecule has 110 valence electrons. The zero-order chi connectivity index (χ0) is 15.2. The number of anilines is 3. The van der Waals surface area contributed by atoms with Crippen molar-refractivity contribution in [3.05, 3.63) is 48.2 Å². The van der Waals surface area contributed by atoms with E-state index >= 15 is 0 Å². The zero-order valence-corrected chi connectivity index (χ0v) is 11.2. The number of carbonyl (C=O) groups is 1. The van der Waals surface area contributed by atoms with E-state index in [0.29, 0.717) is 11.5 Å². The molecule has 2 rings (SSSR count). The quantitative estimate of drug-likeness (QED) is 0.902. The molecule has 0 saturated carbocycles. The highest BCUT2D eigenvalue weighted by Gasteiger charge is 2.06. The van der Waals surface area contributed by atoms with Crippen LogP contribution < -0.4 is 10.6 Å². The molecule has 2 N–H and O–H groups in total. The average Bonchev–Trinajstić information content (AvgIpc) is 2.44. The maximum atomic E-state index is 13.5. The third-order valence-corrected chi connectivity index (χ3v) is 2.48. The highest BCUT2D eigenvalue weighted by molar-refractivity contribution is 5.83. The molecule has 21 heavy (non-hydrogen) atoms. The van der Waals surface area contributed by atoms with Crippen LogP contribution in [0, 0.1) is 11.6 Å². The van der Waals surface area contributed by atoms with Gasteiger partial charge in [-0.25, -0.2) is 18.6 Å². The molecular formula is C14H13F2N3O2. The molecule has 0 aliphatic heterocycles. The van der Waals surface area contributed by atoms with Gasteiger partial charge in [-0.1, -0.05) is 0 Å². The van der Waals surface area contributed by atoms with E-state index in [2.05, 4.69) is 15.6 Å². The van der Waals surface area contributed by atoms with Gasteiger partial charge >= 0.3 is 6.09 Å². The second kappa shape index (κ2) is 6.65. The van der Waals surface area contributed by atoms with Crippen molar-refractivity contribution in [1.29, 1.82) is 0 Å². The predicted octanol–water partition coefficient (Wildman–Crippen LogP) is 3.67. The van der Waals surface area contributed by atoms with Crippen molar-refractivity contribution >= 4 is 23.3 Å². The number of benzene rings is 1. The van der Waals surface area contributed by atoms with E-state index in [4.69, 9.17) is 4.74 Å². The molecule has 0 saturated heterocycles. The lowest BCUT2D eigenvalue weighted by molar-refractivity contribution is 0.168. The van der Waals surface area contributed by atoms with Crippen molar-refractivity contribution in [2.24, 2.45) is 0 Å². The molecule has 2 aromatic rings. The van der Waals surface area contributed by atoms with Gasteiger partial charge in [-0.15, -0.1) is 0 Å². The van der Waals surface area contributed by atoms with Crippen molar-refractivity contribution < 1.29 is 18.3 Å². The Kier molecular flexibility index (Phi) is 4.65. The maximum Gasteiger partial charge on any atom is 0.412 e. The second-order valence-electron chi connectivity index (χ2n) is 4.03. The van der Waals surface area contributed by atoms with Gasteiger partial charge in [0.2, 0.25) is 0 Å². The predicted molar refractivity (Wildman–Crippen MR) is 74.5 cm³/mol. The standard InChI is InChI=1S/C14H13F2N3O2/c1-2-21-14(20)19-13-6-4-10(8-17-13)18-12-5-3-9(15)7-11(12)16/h3-8,18H,2H2,1H3,(H,17,19,20). The van der Waals surface area contributed by atoms with Gasteiger partial charge in [0, 0.05) is 6.07 Å². The van der Waals surface area contributed by atoms with Gasteiger partial charge in [0.1, 0.15) is 17.5 Å². The number of ether oxygens (including phenoxy) is 1. The number of pyridine rings is 1. The molecule has 0 spiro atoms. The SMILES string of the molecule is CCOC(=O)Nc1ccc(Nc2ccc(F)cc2F)cn1. The van der Waals surface area contributed by atoms with Crippen LogP contribution in [0.1, 0.15) is 6.92 Å². The zero-order valence-electron chi connectivity index (χ0n) is 11.2. The van der Waals surface area contributed by atoms with E-state index in [9.17, 15) is 13.6 Å². The van der Waals surface area contributed by atoms with Gasteiger partial charge in [-0.05, 0) is 31.2 Å². The van der Waals surface area contributed by atoms with E-state index in [-0.39, 0.29) is 12.3 Å². The van der Waals surface area contributed by atoms with Crippen LogP contribution in [0.3, 0.4) is 0 Å². The molecule has 0 aliphatic carbocycles. The average molecular weight is 293 g/mol. The van der Waals surface area contributed by atoms with Crippen molar-refractivity contribution in [2.75, 3.05) is 17.2 Å². The number of rotatable bonds is 4. The molecule has 0 atom stereocenters. The smallest absolute Gasteiger partial charge is 0.412 e. The number of hydrogen-bond donors (Lipinski definition) is 2. The number of carbonyl (C=O) groups excluding carboxylic acids is 1. The minimum Gasteiger partial charge on any atom is -0.450 e. The Morgan fingerprint density at radius 3 is 2.71 bits per heavy atom. The summed E-state index contributed by atoms with van der Waals surface area (Å²) in [4.78, 5) is 15.2. The van der Waals surface area contributed by atoms with Crippen molar-refractivity contribution in [3.8, 4) is 0 Å². The summed E-state index contributed by atoms with van der Waals surface area (Å²) in [5.41, 5.74) is 0.624. The number of halogens is 2. The Morgan fingerprint density at radius 1 is 1.29 bits per heavy atom. The molecule has 1 amide bonds. The van der Waals surface area contributed by atoms with Crippen LogP contribution in [-0.4, -0.2) is 17.7 Å². The molecule has 0 bridgehead atoms. The van der Waals surface area contributed by atoms with Gasteiger partial charge in [0.05, 0.1) is 24.2 Å². The Hall–Kier alpha value is -2.70. The van der Waals surface area contributed by atoms with E-state index in [1.807, 2.05) is 0 Å². The highest BCUT2D eigenvalue weighted by Crippen LogP contribution is 2.20. The molecule has 0 radical (unpaired) electrons.